The summed E-state index contributed by atoms with van der Waals surface area (Å²) >= 11 is 5.88. The van der Waals surface area contributed by atoms with Gasteiger partial charge < -0.3 is 0 Å². The Hall–Kier alpha value is -1.35. The highest BCUT2D eigenvalue weighted by atomic mass is 35.5. The van der Waals surface area contributed by atoms with E-state index in [-0.39, 0.29) is 0 Å². The molecule has 84 valence electrons. The molecule has 0 amide bonds. The summed E-state index contributed by atoms with van der Waals surface area (Å²) in [5.41, 5.74) is 4.26. The molecule has 0 unspecified atom stereocenters. The topological polar surface area (TPSA) is 30.7 Å². The summed E-state index contributed by atoms with van der Waals surface area (Å²) in [7, 11) is 0. The molecule has 2 rings (SSSR count). The number of nitrogens with zero attached hydrogens (tertiary/aromatic N) is 3. The molecule has 0 fully saturated rings. The molecule has 0 aromatic carbocycles. The second kappa shape index (κ2) is 4.66. The third-order valence-corrected chi connectivity index (χ3v) is 2.97. The Morgan fingerprint density at radius 1 is 1.31 bits per heavy atom. The summed E-state index contributed by atoms with van der Waals surface area (Å²) < 4.78 is 1.95. The minimum atomic E-state index is 0.514. The first kappa shape index (κ1) is 11.1. The smallest absolute Gasteiger partial charge is 0.0834 e. The van der Waals surface area contributed by atoms with E-state index in [0.29, 0.717) is 12.4 Å². The third kappa shape index (κ3) is 2.09. The lowest BCUT2D eigenvalue weighted by Gasteiger charge is -2.03. The summed E-state index contributed by atoms with van der Waals surface area (Å²) in [4.78, 5) is 4.29. The molecule has 0 N–H and O–H groups in total. The van der Waals surface area contributed by atoms with Crippen molar-refractivity contribution in [1.29, 1.82) is 0 Å². The highest BCUT2D eigenvalue weighted by Gasteiger charge is 2.10. The predicted molar refractivity (Wildman–Crippen MR) is 64.6 cm³/mol. The molecule has 2 aromatic heterocycles. The van der Waals surface area contributed by atoms with Gasteiger partial charge in [-0.3, -0.25) is 9.67 Å². The Bertz CT molecular complexity index is 477. The highest BCUT2D eigenvalue weighted by molar-refractivity contribution is 6.17. The molecule has 16 heavy (non-hydrogen) atoms. The van der Waals surface area contributed by atoms with Gasteiger partial charge >= 0.3 is 0 Å². The van der Waals surface area contributed by atoms with E-state index in [0.717, 1.165) is 22.6 Å². The lowest BCUT2D eigenvalue weighted by Crippen LogP contribution is -2.05. The van der Waals surface area contributed by atoms with Gasteiger partial charge in [0.1, 0.15) is 0 Å². The number of alkyl halides is 1. The van der Waals surface area contributed by atoms with E-state index in [1.54, 1.807) is 6.20 Å². The Kier molecular flexibility index (Phi) is 3.25. The van der Waals surface area contributed by atoms with E-state index in [1.807, 2.05) is 36.7 Å². The zero-order valence-corrected chi connectivity index (χ0v) is 10.2. The van der Waals surface area contributed by atoms with Crippen molar-refractivity contribution in [3.05, 3.63) is 47.0 Å². The van der Waals surface area contributed by atoms with Crippen molar-refractivity contribution in [3.63, 3.8) is 0 Å². The largest absolute Gasteiger partial charge is 0.263 e. The maximum Gasteiger partial charge on any atom is 0.0834 e. The number of rotatable bonds is 3. The monoisotopic (exact) mass is 235 g/mol. The lowest BCUT2D eigenvalue weighted by atomic mass is 10.2. The number of hydrogen-bond acceptors (Lipinski definition) is 2. The normalized spacial score (nSPS) is 10.7. The molecule has 0 radical (unpaired) electrons. The van der Waals surface area contributed by atoms with Crippen LogP contribution in [0.2, 0.25) is 0 Å². The maximum absolute atomic E-state index is 5.88. The van der Waals surface area contributed by atoms with Gasteiger partial charge in [0, 0.05) is 17.5 Å². The number of halogens is 1. The Morgan fingerprint density at radius 2 is 2.12 bits per heavy atom. The SMILES string of the molecule is Cc1nn(Cc2ccccn2)c(C)c1CCl. The van der Waals surface area contributed by atoms with Crippen LogP contribution in [-0.4, -0.2) is 14.8 Å². The minimum Gasteiger partial charge on any atom is -0.263 e. The fourth-order valence-corrected chi connectivity index (χ4v) is 2.11. The standard InChI is InChI=1S/C12H14ClN3/c1-9-12(7-13)10(2)16(15-9)8-11-5-3-4-6-14-11/h3-6H,7-8H2,1-2H3. The van der Waals surface area contributed by atoms with Crippen LogP contribution in [0.25, 0.3) is 0 Å². The molecular weight excluding hydrogens is 222 g/mol. The fraction of sp³-hybridized carbons (Fsp3) is 0.333. The van der Waals surface area contributed by atoms with Crippen LogP contribution in [0, 0.1) is 13.8 Å². The van der Waals surface area contributed by atoms with Crippen molar-refractivity contribution in [2.75, 3.05) is 0 Å². The third-order valence-electron chi connectivity index (χ3n) is 2.70. The van der Waals surface area contributed by atoms with Crippen molar-refractivity contribution in [2.24, 2.45) is 0 Å². The van der Waals surface area contributed by atoms with Gasteiger partial charge in [0.25, 0.3) is 0 Å². The average molecular weight is 236 g/mol. The van der Waals surface area contributed by atoms with Crippen molar-refractivity contribution in [1.82, 2.24) is 14.8 Å². The Balaban J connectivity index is 2.29. The van der Waals surface area contributed by atoms with Gasteiger partial charge in [0.2, 0.25) is 0 Å². The molecular formula is C12H14ClN3. The summed E-state index contributed by atoms with van der Waals surface area (Å²) in [6, 6.07) is 5.89. The Morgan fingerprint density at radius 3 is 2.69 bits per heavy atom. The van der Waals surface area contributed by atoms with Crippen LogP contribution in [0.5, 0.6) is 0 Å². The highest BCUT2D eigenvalue weighted by Crippen LogP contribution is 2.16. The second-order valence-corrected chi connectivity index (χ2v) is 4.03. The number of aryl methyl sites for hydroxylation is 1. The van der Waals surface area contributed by atoms with Crippen molar-refractivity contribution in [3.8, 4) is 0 Å². The summed E-state index contributed by atoms with van der Waals surface area (Å²) in [6.07, 6.45) is 1.80. The molecule has 3 nitrogen and oxygen atoms in total. The number of hydrogen-bond donors (Lipinski definition) is 0. The van der Waals surface area contributed by atoms with Crippen molar-refractivity contribution in [2.45, 2.75) is 26.3 Å². The zero-order valence-electron chi connectivity index (χ0n) is 9.44. The zero-order chi connectivity index (χ0) is 11.5. The maximum atomic E-state index is 5.88. The van der Waals surface area contributed by atoms with Crippen molar-refractivity contribution >= 4 is 11.6 Å². The van der Waals surface area contributed by atoms with E-state index in [4.69, 9.17) is 11.6 Å². The molecule has 0 atom stereocenters. The average Bonchev–Trinajstić information content (AvgIpc) is 2.55. The quantitative estimate of drug-likeness (QED) is 0.766. The fourth-order valence-electron chi connectivity index (χ4n) is 1.73. The molecule has 0 saturated carbocycles. The molecule has 0 aliphatic rings. The molecule has 2 heterocycles. The number of aromatic nitrogens is 3. The lowest BCUT2D eigenvalue weighted by molar-refractivity contribution is 0.646. The van der Waals surface area contributed by atoms with Gasteiger partial charge in [0.15, 0.2) is 0 Å². The van der Waals surface area contributed by atoms with Crippen LogP contribution in [0.1, 0.15) is 22.6 Å². The van der Waals surface area contributed by atoms with Crippen LogP contribution in [0.4, 0.5) is 0 Å². The molecule has 4 heteroatoms. The molecule has 2 aromatic rings. The first-order chi connectivity index (χ1) is 7.72. The van der Waals surface area contributed by atoms with Gasteiger partial charge in [-0.2, -0.15) is 5.10 Å². The molecule has 0 saturated heterocycles. The summed E-state index contributed by atoms with van der Waals surface area (Å²) in [6.45, 7) is 4.73. The van der Waals surface area contributed by atoms with Gasteiger partial charge in [-0.1, -0.05) is 6.07 Å². The van der Waals surface area contributed by atoms with Crippen LogP contribution in [0.15, 0.2) is 24.4 Å². The summed E-state index contributed by atoms with van der Waals surface area (Å²) in [5, 5.41) is 4.47. The predicted octanol–water partition coefficient (Wildman–Crippen LogP) is 2.68. The number of pyridine rings is 1. The molecule has 0 bridgehead atoms. The van der Waals surface area contributed by atoms with Crippen LogP contribution in [-0.2, 0) is 12.4 Å². The van der Waals surface area contributed by atoms with E-state index < -0.39 is 0 Å². The van der Waals surface area contributed by atoms with E-state index >= 15 is 0 Å². The van der Waals surface area contributed by atoms with E-state index in [1.165, 1.54) is 0 Å². The van der Waals surface area contributed by atoms with Crippen LogP contribution >= 0.6 is 11.6 Å². The van der Waals surface area contributed by atoms with Crippen LogP contribution in [0.3, 0.4) is 0 Å². The second-order valence-electron chi connectivity index (χ2n) is 3.76. The van der Waals surface area contributed by atoms with Crippen LogP contribution < -0.4 is 0 Å². The van der Waals surface area contributed by atoms with E-state index in [9.17, 15) is 0 Å². The van der Waals surface area contributed by atoms with Gasteiger partial charge in [-0.05, 0) is 26.0 Å². The minimum absolute atomic E-state index is 0.514. The van der Waals surface area contributed by atoms with Gasteiger partial charge in [0.05, 0.1) is 23.8 Å². The van der Waals surface area contributed by atoms with Gasteiger partial charge in [-0.25, -0.2) is 0 Å². The molecule has 0 aliphatic carbocycles. The molecule has 0 aliphatic heterocycles. The first-order valence-corrected chi connectivity index (χ1v) is 5.74. The Labute approximate surface area is 100 Å². The van der Waals surface area contributed by atoms with E-state index in [2.05, 4.69) is 10.1 Å². The van der Waals surface area contributed by atoms with Gasteiger partial charge in [-0.15, -0.1) is 11.6 Å². The molecule has 0 spiro atoms. The first-order valence-electron chi connectivity index (χ1n) is 5.21. The van der Waals surface area contributed by atoms with Crippen molar-refractivity contribution < 1.29 is 0 Å². The summed E-state index contributed by atoms with van der Waals surface area (Å²) in [5.74, 6) is 0.514.